The first kappa shape index (κ1) is 50.3. The Kier molecular flexibility index (Phi) is 17.5. The molecule has 0 amide bonds. The number of carbonyl (C=O) groups excluding carboxylic acids is 1. The molecular formula is C42H68O22. The van der Waals surface area contributed by atoms with Crippen molar-refractivity contribution in [3.05, 3.63) is 12.2 Å². The lowest BCUT2D eigenvalue weighted by molar-refractivity contribution is -0.380. The Morgan fingerprint density at radius 1 is 0.516 bits per heavy atom. The van der Waals surface area contributed by atoms with Crippen molar-refractivity contribution in [2.24, 2.45) is 17.8 Å². The van der Waals surface area contributed by atoms with E-state index >= 15 is 0 Å². The predicted octanol–water partition coefficient (Wildman–Crippen LogP) is -4.68. The first-order valence-corrected chi connectivity index (χ1v) is 22.7. The van der Waals surface area contributed by atoms with Crippen LogP contribution in [0.4, 0.5) is 0 Å². The molecule has 0 bridgehead atoms. The summed E-state index contributed by atoms with van der Waals surface area (Å²) in [6.45, 7) is -2.05. The van der Waals surface area contributed by atoms with Crippen LogP contribution in [0.3, 0.4) is 0 Å². The van der Waals surface area contributed by atoms with E-state index in [-0.39, 0.29) is 37.2 Å². The highest BCUT2D eigenvalue weighted by atomic mass is 16.8. The fraction of sp³-hybridized carbons (Fsp3) is 0.929. The van der Waals surface area contributed by atoms with E-state index in [2.05, 4.69) is 0 Å². The number of ether oxygens (including phenoxy) is 8. The second-order valence-electron chi connectivity index (χ2n) is 18.7. The highest BCUT2D eigenvalue weighted by Gasteiger charge is 2.56. The van der Waals surface area contributed by atoms with Crippen molar-refractivity contribution < 1.29 is 109 Å². The summed E-state index contributed by atoms with van der Waals surface area (Å²) in [7, 11) is 0. The molecule has 3 aliphatic carbocycles. The lowest BCUT2D eigenvalue weighted by atomic mass is 9.73. The van der Waals surface area contributed by atoms with E-state index in [1.807, 2.05) is 0 Å². The van der Waals surface area contributed by atoms with E-state index in [0.717, 1.165) is 0 Å². The summed E-state index contributed by atoms with van der Waals surface area (Å²) in [5, 5.41) is 138. The van der Waals surface area contributed by atoms with Gasteiger partial charge in [0.05, 0.1) is 55.9 Å². The molecule has 64 heavy (non-hydrogen) atoms. The van der Waals surface area contributed by atoms with Gasteiger partial charge in [0.2, 0.25) is 0 Å². The number of allylic oxidation sites excluding steroid dienone is 1. The monoisotopic (exact) mass is 924 g/mol. The Labute approximate surface area is 369 Å². The van der Waals surface area contributed by atoms with E-state index in [1.54, 1.807) is 6.08 Å². The van der Waals surface area contributed by atoms with Crippen molar-refractivity contribution in [2.45, 2.75) is 205 Å². The van der Waals surface area contributed by atoms with Crippen LogP contribution in [0.15, 0.2) is 12.2 Å². The molecule has 22 nitrogen and oxygen atoms in total. The third kappa shape index (κ3) is 11.5. The number of fused-ring (bicyclic) bond motifs is 1. The molecule has 0 aromatic heterocycles. The number of aliphatic hydroxyl groups is 13. The highest BCUT2D eigenvalue weighted by Crippen LogP contribution is 2.45. The largest absolute Gasteiger partial charge is 0.460 e. The molecule has 0 aromatic carbocycles. The molecule has 368 valence electrons. The van der Waals surface area contributed by atoms with Crippen LogP contribution in [0.25, 0.3) is 0 Å². The Bertz CT molecular complexity index is 1490. The molecule has 0 spiro atoms. The van der Waals surface area contributed by atoms with Gasteiger partial charge in [-0.25, -0.2) is 4.79 Å². The normalized spacial score (nSPS) is 50.5. The number of carbonyl (C=O) groups is 1. The number of aliphatic hydroxyl groups excluding tert-OH is 13. The molecule has 0 aromatic rings. The SMILES string of the molecule is O=C(C=CC1CCC(O)CC1)OCC1OC(OC2C(OC3CC4C(OC5OC(CO)C(O)C(O)C5O)CC(O)CC4OC3C3CCC(O)CC3)OC(CO)C(O)C2O)C(O)C(O)C1O. The standard InChI is InChI=1S/C42H68O22/c43-14-26-30(49)33(52)36(55)40(61-26)59-24-12-21(47)11-23-22(24)13-25(38(58-23)18-4-8-20(46)9-5-18)60-42-39(35(54)31(50)27(15-44)62-42)64-41-37(56)34(53)32(51)28(63-41)16-57-29(48)10-3-17-1-6-19(45)7-2-17/h3,10,17-28,30-47,49-56H,1-2,4-9,11-16H2. The van der Waals surface area contributed by atoms with E-state index in [1.165, 1.54) is 6.08 Å². The summed E-state index contributed by atoms with van der Waals surface area (Å²) in [5.41, 5.74) is 0. The fourth-order valence-electron chi connectivity index (χ4n) is 10.4. The van der Waals surface area contributed by atoms with Gasteiger partial charge in [-0.2, -0.15) is 0 Å². The number of hydrogen-bond donors (Lipinski definition) is 13. The minimum atomic E-state index is -1.95. The predicted molar refractivity (Wildman–Crippen MR) is 211 cm³/mol. The second-order valence-corrected chi connectivity index (χ2v) is 18.7. The van der Waals surface area contributed by atoms with Crippen LogP contribution < -0.4 is 0 Å². The third-order valence-electron chi connectivity index (χ3n) is 14.3. The van der Waals surface area contributed by atoms with Crippen LogP contribution in [-0.2, 0) is 42.7 Å². The fourth-order valence-corrected chi connectivity index (χ4v) is 10.4. The maximum Gasteiger partial charge on any atom is 0.330 e. The van der Waals surface area contributed by atoms with Crippen molar-refractivity contribution in [1.82, 2.24) is 0 Å². The molecule has 7 fully saturated rings. The third-order valence-corrected chi connectivity index (χ3v) is 14.3. The maximum absolute atomic E-state index is 12.6. The Morgan fingerprint density at radius 3 is 1.67 bits per heavy atom. The van der Waals surface area contributed by atoms with Gasteiger partial charge in [0, 0.05) is 18.4 Å². The molecule has 7 rings (SSSR count). The van der Waals surface area contributed by atoms with Crippen LogP contribution in [0.5, 0.6) is 0 Å². The maximum atomic E-state index is 12.6. The number of esters is 1. The van der Waals surface area contributed by atoms with Crippen molar-refractivity contribution >= 4 is 5.97 Å². The average Bonchev–Trinajstić information content (AvgIpc) is 3.28. The van der Waals surface area contributed by atoms with Crippen LogP contribution in [-0.4, -0.2) is 227 Å². The van der Waals surface area contributed by atoms with Gasteiger partial charge >= 0.3 is 5.97 Å². The van der Waals surface area contributed by atoms with Crippen molar-refractivity contribution in [2.75, 3.05) is 19.8 Å². The van der Waals surface area contributed by atoms with Gasteiger partial charge in [0.1, 0.15) is 79.9 Å². The second kappa shape index (κ2) is 22.2. The van der Waals surface area contributed by atoms with Crippen molar-refractivity contribution in [1.29, 1.82) is 0 Å². The van der Waals surface area contributed by atoms with Crippen LogP contribution in [0.2, 0.25) is 0 Å². The zero-order chi connectivity index (χ0) is 46.0. The highest BCUT2D eigenvalue weighted by molar-refractivity contribution is 5.81. The van der Waals surface area contributed by atoms with Gasteiger partial charge in [-0.3, -0.25) is 0 Å². The molecule has 21 atom stereocenters. The average molecular weight is 925 g/mol. The van der Waals surface area contributed by atoms with Crippen LogP contribution in [0, 0.1) is 17.8 Å². The van der Waals surface area contributed by atoms with Gasteiger partial charge in [-0.05, 0) is 76.0 Å². The van der Waals surface area contributed by atoms with Crippen molar-refractivity contribution in [3.63, 3.8) is 0 Å². The summed E-state index contributed by atoms with van der Waals surface area (Å²) in [4.78, 5) is 12.6. The Hall–Kier alpha value is -1.59. The minimum absolute atomic E-state index is 0.0269. The molecule has 22 heteroatoms. The topological polar surface area (TPSA) is 354 Å². The van der Waals surface area contributed by atoms with Crippen LogP contribution >= 0.6 is 0 Å². The lowest BCUT2D eigenvalue weighted by Crippen LogP contribution is -2.66. The van der Waals surface area contributed by atoms with E-state index in [0.29, 0.717) is 51.4 Å². The lowest BCUT2D eigenvalue weighted by Gasteiger charge is -2.52. The van der Waals surface area contributed by atoms with Gasteiger partial charge in [0.15, 0.2) is 18.9 Å². The Morgan fingerprint density at radius 2 is 1.05 bits per heavy atom. The van der Waals surface area contributed by atoms with Gasteiger partial charge < -0.3 is 104 Å². The molecule has 7 aliphatic rings. The van der Waals surface area contributed by atoms with Gasteiger partial charge in [0.25, 0.3) is 0 Å². The molecule has 3 saturated carbocycles. The summed E-state index contributed by atoms with van der Waals surface area (Å²) in [6.07, 6.45) is -22.4. The Balaban J connectivity index is 1.09. The van der Waals surface area contributed by atoms with Crippen molar-refractivity contribution in [3.8, 4) is 0 Å². The zero-order valence-electron chi connectivity index (χ0n) is 35.5. The van der Waals surface area contributed by atoms with E-state index in [4.69, 9.17) is 37.9 Å². The smallest absolute Gasteiger partial charge is 0.330 e. The molecule has 0 radical (unpaired) electrons. The number of hydrogen-bond acceptors (Lipinski definition) is 22. The van der Waals surface area contributed by atoms with E-state index < -0.39 is 160 Å². The summed E-state index contributed by atoms with van der Waals surface area (Å²) in [6, 6.07) is 0. The molecule has 13 N–H and O–H groups in total. The first-order chi connectivity index (χ1) is 30.6. The zero-order valence-corrected chi connectivity index (χ0v) is 35.5. The molecular weight excluding hydrogens is 856 g/mol. The first-order valence-electron chi connectivity index (χ1n) is 22.7. The molecule has 21 unspecified atom stereocenters. The van der Waals surface area contributed by atoms with Crippen LogP contribution in [0.1, 0.15) is 70.6 Å². The van der Waals surface area contributed by atoms with Gasteiger partial charge in [-0.1, -0.05) is 6.08 Å². The molecule has 4 heterocycles. The number of rotatable bonds is 13. The van der Waals surface area contributed by atoms with Gasteiger partial charge in [-0.15, -0.1) is 0 Å². The summed E-state index contributed by atoms with van der Waals surface area (Å²) < 4.78 is 48.4. The molecule has 4 saturated heterocycles. The van der Waals surface area contributed by atoms with E-state index in [9.17, 15) is 71.2 Å². The summed E-state index contributed by atoms with van der Waals surface area (Å²) in [5.74, 6) is -1.49. The molecule has 4 aliphatic heterocycles. The quantitative estimate of drug-likeness (QED) is 0.0610. The minimum Gasteiger partial charge on any atom is -0.460 e. The summed E-state index contributed by atoms with van der Waals surface area (Å²) >= 11 is 0.